The highest BCUT2D eigenvalue weighted by atomic mass is 32.1. The van der Waals surface area contributed by atoms with Crippen LogP contribution >= 0.6 is 11.3 Å². The summed E-state index contributed by atoms with van der Waals surface area (Å²) in [6.45, 7) is 0. The monoisotopic (exact) mass is 475 g/mol. The van der Waals surface area contributed by atoms with Crippen molar-refractivity contribution in [2.45, 2.75) is 5.92 Å². The van der Waals surface area contributed by atoms with E-state index in [4.69, 9.17) is 19.9 Å². The molecule has 0 radical (unpaired) electrons. The average Bonchev–Trinajstić information content (AvgIpc) is 3.19. The molecule has 0 amide bonds. The highest BCUT2D eigenvalue weighted by molar-refractivity contribution is 7.07. The number of carbonyl (C=O) groups is 1. The Balaban J connectivity index is 2.06. The number of esters is 1. The van der Waals surface area contributed by atoms with Crippen molar-refractivity contribution in [3.63, 3.8) is 0 Å². The molecular formula is C25H21N3O5S. The van der Waals surface area contributed by atoms with Crippen molar-refractivity contribution in [1.82, 2.24) is 4.57 Å². The van der Waals surface area contributed by atoms with Crippen molar-refractivity contribution < 1.29 is 19.0 Å². The summed E-state index contributed by atoms with van der Waals surface area (Å²) in [5.74, 6) is -0.417. The minimum atomic E-state index is -0.824. The molecule has 172 valence electrons. The van der Waals surface area contributed by atoms with Crippen LogP contribution in [0, 0.1) is 11.3 Å². The maximum absolute atomic E-state index is 13.3. The first-order valence-corrected chi connectivity index (χ1v) is 11.0. The highest BCUT2D eigenvalue weighted by Crippen LogP contribution is 2.37. The lowest BCUT2D eigenvalue weighted by Crippen LogP contribution is -2.40. The fourth-order valence-electron chi connectivity index (χ4n) is 3.90. The lowest BCUT2D eigenvalue weighted by atomic mass is 9.83. The largest absolute Gasteiger partial charge is 0.497 e. The minimum Gasteiger partial charge on any atom is -0.497 e. The van der Waals surface area contributed by atoms with E-state index in [2.05, 4.69) is 6.07 Å². The molecule has 0 saturated carbocycles. The maximum Gasteiger partial charge on any atom is 0.338 e. The van der Waals surface area contributed by atoms with E-state index in [9.17, 15) is 14.9 Å². The second-order valence-corrected chi connectivity index (χ2v) is 8.39. The first kappa shape index (κ1) is 22.9. The number of methoxy groups -OCH3 is 3. The van der Waals surface area contributed by atoms with Gasteiger partial charge in [0, 0.05) is 0 Å². The molecule has 9 heteroatoms. The Bertz CT molecular complexity index is 1540. The molecule has 0 spiro atoms. The van der Waals surface area contributed by atoms with E-state index < -0.39 is 17.4 Å². The number of fused-ring (bicyclic) bond motifs is 1. The Labute approximate surface area is 199 Å². The molecule has 1 aliphatic rings. The molecule has 8 nitrogen and oxygen atoms in total. The van der Waals surface area contributed by atoms with E-state index in [0.29, 0.717) is 26.3 Å². The van der Waals surface area contributed by atoms with Gasteiger partial charge in [0.15, 0.2) is 0 Å². The predicted octanol–water partition coefficient (Wildman–Crippen LogP) is 1.53. The summed E-state index contributed by atoms with van der Waals surface area (Å²) in [7, 11) is 4.31. The Morgan fingerprint density at radius 3 is 2.44 bits per heavy atom. The van der Waals surface area contributed by atoms with Crippen LogP contribution in [0.5, 0.6) is 11.5 Å². The van der Waals surface area contributed by atoms with Crippen LogP contribution in [-0.2, 0) is 9.53 Å². The first-order chi connectivity index (χ1) is 16.4. The Hall–Kier alpha value is -4.29. The van der Waals surface area contributed by atoms with Gasteiger partial charge in [0.1, 0.15) is 22.0 Å². The van der Waals surface area contributed by atoms with Gasteiger partial charge in [-0.25, -0.2) is 4.79 Å². The van der Waals surface area contributed by atoms with E-state index in [0.717, 1.165) is 16.9 Å². The summed E-state index contributed by atoms with van der Waals surface area (Å²) in [5, 5.41) is 10.1. The molecule has 0 fully saturated rings. The molecule has 1 aromatic heterocycles. The SMILES string of the molecule is COC(=O)C1=C(N)n2c(s/c(=C/c3cccc(OC)c3)c2=O)=C(C#N)C1c1cccc(OC)c1. The fourth-order valence-corrected chi connectivity index (χ4v) is 5.03. The molecule has 4 rings (SSSR count). The number of ether oxygens (including phenoxy) is 3. The smallest absolute Gasteiger partial charge is 0.338 e. The standard InChI is InChI=1S/C25H21N3O5S/c1-31-16-8-4-6-14(10-16)11-19-23(29)28-22(27)21(25(30)33-3)20(18(13-26)24(28)34-19)15-7-5-9-17(12-15)32-2/h4-12,20H,27H2,1-3H3/b19-11+. The minimum absolute atomic E-state index is 0.0210. The van der Waals surface area contributed by atoms with Gasteiger partial charge in [-0.3, -0.25) is 9.36 Å². The molecule has 3 aromatic rings. The summed E-state index contributed by atoms with van der Waals surface area (Å²) >= 11 is 1.13. The van der Waals surface area contributed by atoms with E-state index >= 15 is 0 Å². The number of carbonyl (C=O) groups excluding carboxylic acids is 1. The fraction of sp³-hybridized carbons (Fsp3) is 0.160. The quantitative estimate of drug-likeness (QED) is 0.556. The average molecular weight is 476 g/mol. The van der Waals surface area contributed by atoms with Crippen molar-refractivity contribution in [1.29, 1.82) is 5.26 Å². The molecular weight excluding hydrogens is 454 g/mol. The molecule has 1 unspecified atom stereocenters. The molecule has 1 atom stereocenters. The molecule has 0 saturated heterocycles. The third-order valence-electron chi connectivity index (χ3n) is 5.49. The van der Waals surface area contributed by atoms with Gasteiger partial charge in [-0.2, -0.15) is 5.26 Å². The van der Waals surface area contributed by atoms with Crippen LogP contribution in [0.15, 0.2) is 58.9 Å². The zero-order valence-electron chi connectivity index (χ0n) is 18.7. The summed E-state index contributed by atoms with van der Waals surface area (Å²) < 4.78 is 17.5. The normalized spacial score (nSPS) is 15.5. The molecule has 2 N–H and O–H groups in total. The summed E-state index contributed by atoms with van der Waals surface area (Å²) in [5.41, 5.74) is 7.56. The van der Waals surface area contributed by atoms with Crippen molar-refractivity contribution in [3.05, 3.63) is 84.8 Å². The summed E-state index contributed by atoms with van der Waals surface area (Å²) in [6.07, 6.45) is 1.70. The van der Waals surface area contributed by atoms with Gasteiger partial charge in [-0.05, 0) is 41.5 Å². The topological polar surface area (TPSA) is 117 Å². The number of hydrogen-bond donors (Lipinski definition) is 1. The van der Waals surface area contributed by atoms with E-state index in [1.807, 2.05) is 12.1 Å². The number of nitrogens with zero attached hydrogens (tertiary/aromatic N) is 2. The lowest BCUT2D eigenvalue weighted by molar-refractivity contribution is -0.136. The molecule has 2 heterocycles. The second-order valence-electron chi connectivity index (χ2n) is 7.36. The zero-order chi connectivity index (χ0) is 24.4. The number of aromatic nitrogens is 1. The number of rotatable bonds is 5. The highest BCUT2D eigenvalue weighted by Gasteiger charge is 2.36. The number of benzene rings is 2. The van der Waals surface area contributed by atoms with E-state index in [1.54, 1.807) is 49.6 Å². The Morgan fingerprint density at radius 2 is 1.79 bits per heavy atom. The van der Waals surface area contributed by atoms with Crippen LogP contribution < -0.4 is 30.0 Å². The first-order valence-electron chi connectivity index (χ1n) is 10.2. The third kappa shape index (κ3) is 3.84. The van der Waals surface area contributed by atoms with Crippen LogP contribution in [0.2, 0.25) is 0 Å². The van der Waals surface area contributed by atoms with Crippen molar-refractivity contribution in [2.24, 2.45) is 5.73 Å². The van der Waals surface area contributed by atoms with Crippen molar-refractivity contribution >= 4 is 34.8 Å². The number of nitriles is 1. The Morgan fingerprint density at radius 1 is 1.12 bits per heavy atom. The van der Waals surface area contributed by atoms with E-state index in [-0.39, 0.29) is 17.0 Å². The maximum atomic E-state index is 13.3. The van der Waals surface area contributed by atoms with Crippen LogP contribution in [0.25, 0.3) is 17.5 Å². The Kier molecular flexibility index (Phi) is 6.25. The van der Waals surface area contributed by atoms with Gasteiger partial charge >= 0.3 is 5.97 Å². The molecule has 2 aromatic carbocycles. The lowest BCUT2D eigenvalue weighted by Gasteiger charge is -2.25. The molecule has 1 aliphatic heterocycles. The number of thiazole rings is 1. The van der Waals surface area contributed by atoms with Gasteiger partial charge in [-0.15, -0.1) is 11.3 Å². The zero-order valence-corrected chi connectivity index (χ0v) is 19.5. The molecule has 0 bridgehead atoms. The van der Waals surface area contributed by atoms with Gasteiger partial charge in [0.05, 0.1) is 49.0 Å². The molecule has 0 aliphatic carbocycles. The molecule has 34 heavy (non-hydrogen) atoms. The predicted molar refractivity (Wildman–Crippen MR) is 129 cm³/mol. The van der Waals surface area contributed by atoms with Crippen LogP contribution in [-0.4, -0.2) is 31.9 Å². The van der Waals surface area contributed by atoms with Crippen LogP contribution in [0.4, 0.5) is 0 Å². The van der Waals surface area contributed by atoms with Crippen molar-refractivity contribution in [2.75, 3.05) is 21.3 Å². The summed E-state index contributed by atoms with van der Waals surface area (Å²) in [6, 6.07) is 16.4. The van der Waals surface area contributed by atoms with Gasteiger partial charge < -0.3 is 19.9 Å². The third-order valence-corrected chi connectivity index (χ3v) is 6.60. The number of hydrogen-bond acceptors (Lipinski definition) is 8. The number of nitrogens with two attached hydrogens (primary N) is 1. The van der Waals surface area contributed by atoms with Crippen LogP contribution in [0.3, 0.4) is 0 Å². The van der Waals surface area contributed by atoms with Crippen molar-refractivity contribution in [3.8, 4) is 17.6 Å². The van der Waals surface area contributed by atoms with Gasteiger partial charge in [0.2, 0.25) is 0 Å². The second kappa shape index (κ2) is 9.29. The van der Waals surface area contributed by atoms with Crippen LogP contribution in [0.1, 0.15) is 17.0 Å². The summed E-state index contributed by atoms with van der Waals surface area (Å²) in [4.78, 5) is 26.2. The van der Waals surface area contributed by atoms with Gasteiger partial charge in [-0.1, -0.05) is 24.3 Å². The van der Waals surface area contributed by atoms with Gasteiger partial charge in [0.25, 0.3) is 5.56 Å². The van der Waals surface area contributed by atoms with E-state index in [1.165, 1.54) is 18.8 Å².